The number of phenols is 4. The third-order valence-electron chi connectivity index (χ3n) is 6.42. The number of allylic oxidation sites excluding steroid dienone is 1. The van der Waals surface area contributed by atoms with Crippen molar-refractivity contribution < 1.29 is 35.4 Å². The smallest absolute Gasteiger partial charge is 0.309 e. The number of aromatic hydroxyl groups is 4. The highest BCUT2D eigenvalue weighted by molar-refractivity contribution is 5.73. The first-order valence-corrected chi connectivity index (χ1v) is 12.4. The van der Waals surface area contributed by atoms with E-state index in [1.54, 1.807) is 26.0 Å². The van der Waals surface area contributed by atoms with Crippen molar-refractivity contribution in [1.29, 1.82) is 0 Å². The SMILES string of the molecule is CC(C)(CO)CCCCc1cc(O)cc(C#Cc2cc(O)cc(C=CCCC(C)(C)C(=O)O)c2O)c1O. The van der Waals surface area contributed by atoms with Gasteiger partial charge in [-0.3, -0.25) is 4.79 Å². The number of hydrogen-bond donors (Lipinski definition) is 6. The molecule has 7 nitrogen and oxygen atoms in total. The van der Waals surface area contributed by atoms with E-state index in [4.69, 9.17) is 0 Å². The maximum absolute atomic E-state index is 11.2. The monoisotopic (exact) mass is 510 g/mol. The van der Waals surface area contributed by atoms with Crippen LogP contribution in [0.5, 0.6) is 23.0 Å². The molecule has 0 unspecified atom stereocenters. The third kappa shape index (κ3) is 8.76. The van der Waals surface area contributed by atoms with E-state index in [-0.39, 0.29) is 46.1 Å². The first-order valence-electron chi connectivity index (χ1n) is 12.4. The summed E-state index contributed by atoms with van der Waals surface area (Å²) < 4.78 is 0. The predicted molar refractivity (Wildman–Crippen MR) is 144 cm³/mol. The Bertz CT molecular complexity index is 1200. The second kappa shape index (κ2) is 12.6. The molecule has 0 aliphatic heterocycles. The van der Waals surface area contributed by atoms with Crippen LogP contribution in [0.25, 0.3) is 6.08 Å². The van der Waals surface area contributed by atoms with Crippen molar-refractivity contribution in [2.45, 2.75) is 66.2 Å². The van der Waals surface area contributed by atoms with E-state index in [2.05, 4.69) is 11.8 Å². The third-order valence-corrected chi connectivity index (χ3v) is 6.42. The molecule has 0 radical (unpaired) electrons. The largest absolute Gasteiger partial charge is 0.508 e. The Kier molecular flexibility index (Phi) is 10.0. The van der Waals surface area contributed by atoms with Gasteiger partial charge in [0.1, 0.15) is 23.0 Å². The molecule has 0 bridgehead atoms. The maximum Gasteiger partial charge on any atom is 0.309 e. The average molecular weight is 511 g/mol. The Morgan fingerprint density at radius 2 is 1.46 bits per heavy atom. The number of unbranched alkanes of at least 4 members (excludes halogenated alkanes) is 1. The number of phenolic OH excluding ortho intramolecular Hbond substituents is 4. The number of aliphatic hydroxyl groups is 1. The number of carbonyl (C=O) groups is 1. The van der Waals surface area contributed by atoms with Gasteiger partial charge in [-0.15, -0.1) is 0 Å². The summed E-state index contributed by atoms with van der Waals surface area (Å²) in [6.07, 6.45) is 7.18. The van der Waals surface area contributed by atoms with E-state index in [1.165, 1.54) is 24.3 Å². The number of carboxylic acid groups (broad SMARTS) is 1. The first-order chi connectivity index (χ1) is 17.3. The zero-order valence-corrected chi connectivity index (χ0v) is 22.0. The number of benzene rings is 2. The topological polar surface area (TPSA) is 138 Å². The summed E-state index contributed by atoms with van der Waals surface area (Å²) in [4.78, 5) is 11.2. The average Bonchev–Trinajstić information content (AvgIpc) is 2.82. The molecule has 2 aromatic rings. The molecule has 0 saturated heterocycles. The predicted octanol–water partition coefficient (Wildman–Crippen LogP) is 5.54. The molecule has 6 N–H and O–H groups in total. The van der Waals surface area contributed by atoms with Gasteiger partial charge in [0.15, 0.2) is 0 Å². The fourth-order valence-electron chi connectivity index (χ4n) is 3.72. The molecule has 37 heavy (non-hydrogen) atoms. The van der Waals surface area contributed by atoms with Gasteiger partial charge in [0.05, 0.1) is 16.5 Å². The van der Waals surface area contributed by atoms with Crippen LogP contribution < -0.4 is 0 Å². The van der Waals surface area contributed by atoms with Crippen LogP contribution in [0.4, 0.5) is 0 Å². The minimum Gasteiger partial charge on any atom is -0.508 e. The van der Waals surface area contributed by atoms with E-state index in [0.717, 1.165) is 19.3 Å². The van der Waals surface area contributed by atoms with Crippen molar-refractivity contribution in [3.63, 3.8) is 0 Å². The quantitative estimate of drug-likeness (QED) is 0.132. The summed E-state index contributed by atoms with van der Waals surface area (Å²) in [7, 11) is 0. The Labute approximate surface area is 218 Å². The van der Waals surface area contributed by atoms with Gasteiger partial charge in [0.25, 0.3) is 0 Å². The molecule has 0 saturated carbocycles. The van der Waals surface area contributed by atoms with Gasteiger partial charge in [-0.1, -0.05) is 44.3 Å². The second-order valence-electron chi connectivity index (χ2n) is 10.8. The van der Waals surface area contributed by atoms with Crippen molar-refractivity contribution in [3.8, 4) is 34.8 Å². The van der Waals surface area contributed by atoms with Gasteiger partial charge in [-0.25, -0.2) is 0 Å². The molecule has 2 aromatic carbocycles. The van der Waals surface area contributed by atoms with Crippen LogP contribution in [0.3, 0.4) is 0 Å². The standard InChI is InChI=1S/C30H38O7/c1-29(2,19-31)13-7-5-9-20-15-24(32)17-22(26(20)34)11-12-23-18-25(33)16-21(27(23)35)10-6-8-14-30(3,4)28(36)37/h6,10,15-18,31-35H,5,7-9,13-14,19H2,1-4H3,(H,36,37). The van der Waals surface area contributed by atoms with E-state index in [1.807, 2.05) is 13.8 Å². The van der Waals surface area contributed by atoms with E-state index in [0.29, 0.717) is 30.4 Å². The molecule has 2 rings (SSSR count). The summed E-state index contributed by atoms with van der Waals surface area (Å²) in [6, 6.07) is 5.52. The Morgan fingerprint density at radius 1 is 0.865 bits per heavy atom. The fraction of sp³-hybridized carbons (Fsp3) is 0.433. The van der Waals surface area contributed by atoms with Gasteiger partial charge < -0.3 is 30.6 Å². The molecular formula is C30H38O7. The van der Waals surface area contributed by atoms with E-state index >= 15 is 0 Å². The van der Waals surface area contributed by atoms with Crippen LogP contribution in [0, 0.1) is 22.7 Å². The molecule has 0 heterocycles. The summed E-state index contributed by atoms with van der Waals surface area (Å²) in [5.41, 5.74) is 0.176. The maximum atomic E-state index is 11.2. The van der Waals surface area contributed by atoms with Crippen molar-refractivity contribution in [3.05, 3.63) is 52.6 Å². The highest BCUT2D eigenvalue weighted by atomic mass is 16.4. The molecule has 0 fully saturated rings. The van der Waals surface area contributed by atoms with Gasteiger partial charge in [-0.05, 0) is 81.2 Å². The summed E-state index contributed by atoms with van der Waals surface area (Å²) in [6.45, 7) is 7.37. The molecule has 0 aliphatic carbocycles. The van der Waals surface area contributed by atoms with Crippen molar-refractivity contribution >= 4 is 12.0 Å². The molecule has 0 spiro atoms. The van der Waals surface area contributed by atoms with Gasteiger partial charge in [0.2, 0.25) is 0 Å². The number of aliphatic hydroxyl groups excluding tert-OH is 1. The van der Waals surface area contributed by atoms with Crippen LogP contribution in [-0.2, 0) is 11.2 Å². The van der Waals surface area contributed by atoms with Crippen LogP contribution in [0.1, 0.15) is 82.1 Å². The van der Waals surface area contributed by atoms with Crippen LogP contribution in [0.15, 0.2) is 30.3 Å². The lowest BCUT2D eigenvalue weighted by atomic mass is 9.87. The normalized spacial score (nSPS) is 11.9. The van der Waals surface area contributed by atoms with Gasteiger partial charge >= 0.3 is 5.97 Å². The first kappa shape index (κ1) is 29.6. The molecular weight excluding hydrogens is 472 g/mol. The van der Waals surface area contributed by atoms with Crippen LogP contribution in [0.2, 0.25) is 0 Å². The lowest BCUT2D eigenvalue weighted by Crippen LogP contribution is -2.22. The number of carboxylic acids is 1. The summed E-state index contributed by atoms with van der Waals surface area (Å²) in [5.74, 6) is 4.29. The van der Waals surface area contributed by atoms with Gasteiger partial charge in [0, 0.05) is 12.2 Å². The van der Waals surface area contributed by atoms with Gasteiger partial charge in [-0.2, -0.15) is 0 Å². The molecule has 0 aromatic heterocycles. The zero-order chi connectivity index (χ0) is 27.8. The fourth-order valence-corrected chi connectivity index (χ4v) is 3.72. The minimum atomic E-state index is -0.886. The lowest BCUT2D eigenvalue weighted by molar-refractivity contribution is -0.147. The Morgan fingerprint density at radius 3 is 2.05 bits per heavy atom. The molecule has 200 valence electrons. The number of aryl methyl sites for hydroxylation is 1. The van der Waals surface area contributed by atoms with Crippen molar-refractivity contribution in [2.75, 3.05) is 6.61 Å². The summed E-state index contributed by atoms with van der Waals surface area (Å²) in [5, 5.41) is 60.2. The van der Waals surface area contributed by atoms with Crippen LogP contribution >= 0.6 is 0 Å². The molecule has 0 amide bonds. The molecule has 0 aliphatic rings. The Hall–Kier alpha value is -3.63. The van der Waals surface area contributed by atoms with Crippen molar-refractivity contribution in [2.24, 2.45) is 10.8 Å². The minimum absolute atomic E-state index is 0.0409. The number of aliphatic carboxylic acids is 1. The van der Waals surface area contributed by atoms with E-state index < -0.39 is 11.4 Å². The number of hydrogen-bond acceptors (Lipinski definition) is 6. The zero-order valence-electron chi connectivity index (χ0n) is 22.0. The highest BCUT2D eigenvalue weighted by Crippen LogP contribution is 2.32. The lowest BCUT2D eigenvalue weighted by Gasteiger charge is -2.21. The molecule has 7 heteroatoms. The summed E-state index contributed by atoms with van der Waals surface area (Å²) >= 11 is 0. The van der Waals surface area contributed by atoms with Crippen LogP contribution in [-0.4, -0.2) is 43.2 Å². The number of rotatable bonds is 11. The highest BCUT2D eigenvalue weighted by Gasteiger charge is 2.25. The van der Waals surface area contributed by atoms with E-state index in [9.17, 15) is 35.4 Å². The second-order valence-corrected chi connectivity index (χ2v) is 10.8. The molecule has 0 atom stereocenters. The van der Waals surface area contributed by atoms with Crippen molar-refractivity contribution in [1.82, 2.24) is 0 Å². The Balaban J connectivity index is 2.21.